The highest BCUT2D eigenvalue weighted by Gasteiger charge is 2.10. The Balaban J connectivity index is 2.28. The molecule has 0 bridgehead atoms. The number of benzene rings is 1. The van der Waals surface area contributed by atoms with E-state index in [0.29, 0.717) is 12.1 Å². The lowest BCUT2D eigenvalue weighted by Gasteiger charge is -2.04. The van der Waals surface area contributed by atoms with Crippen molar-refractivity contribution in [3.8, 4) is 6.07 Å². The third-order valence-corrected chi connectivity index (χ3v) is 2.59. The number of carbonyl (C=O) groups is 1. The van der Waals surface area contributed by atoms with Gasteiger partial charge in [0.1, 0.15) is 0 Å². The van der Waals surface area contributed by atoms with Gasteiger partial charge in [-0.05, 0) is 30.7 Å². The van der Waals surface area contributed by atoms with Crippen LogP contribution in [0.2, 0.25) is 0 Å². The summed E-state index contributed by atoms with van der Waals surface area (Å²) in [7, 11) is 0. The molecule has 1 aromatic carbocycles. The molecule has 5 heteroatoms. The Morgan fingerprint density at radius 1 is 1.50 bits per heavy atom. The fraction of sp³-hybridized carbons (Fsp3) is 0.154. The minimum Gasteiger partial charge on any atom is -0.476 e. The zero-order valence-electron chi connectivity index (χ0n) is 9.79. The molecular formula is C13H11N3O2. The van der Waals surface area contributed by atoms with Crippen molar-refractivity contribution in [2.45, 2.75) is 13.5 Å². The Bertz CT molecular complexity index is 638. The number of nitrogens with zero attached hydrogens (tertiary/aromatic N) is 3. The molecule has 1 N–H and O–H groups in total. The van der Waals surface area contributed by atoms with Gasteiger partial charge >= 0.3 is 5.97 Å². The maximum absolute atomic E-state index is 10.8. The van der Waals surface area contributed by atoms with Crippen LogP contribution in [0, 0.1) is 18.3 Å². The molecule has 0 amide bonds. The van der Waals surface area contributed by atoms with Gasteiger partial charge in [-0.3, -0.25) is 4.68 Å². The van der Waals surface area contributed by atoms with Gasteiger partial charge in [-0.2, -0.15) is 10.4 Å². The van der Waals surface area contributed by atoms with Crippen molar-refractivity contribution >= 4 is 5.97 Å². The standard InChI is InChI=1S/C13H11N3O2/c1-9-5-12(13(17)18)15-16(9)8-11-4-2-3-10(6-11)7-14/h2-6H,8H2,1H3,(H,17,18). The van der Waals surface area contributed by atoms with Gasteiger partial charge in [-0.1, -0.05) is 12.1 Å². The van der Waals surface area contributed by atoms with Gasteiger partial charge in [-0.25, -0.2) is 4.79 Å². The number of nitriles is 1. The van der Waals surface area contributed by atoms with Crippen LogP contribution in [0.1, 0.15) is 27.3 Å². The fourth-order valence-electron chi connectivity index (χ4n) is 1.69. The smallest absolute Gasteiger partial charge is 0.356 e. The van der Waals surface area contributed by atoms with Crippen molar-refractivity contribution in [3.63, 3.8) is 0 Å². The van der Waals surface area contributed by atoms with Gasteiger partial charge in [0, 0.05) is 5.69 Å². The van der Waals surface area contributed by atoms with Gasteiger partial charge in [-0.15, -0.1) is 0 Å². The number of carboxylic acids is 1. The highest BCUT2D eigenvalue weighted by atomic mass is 16.4. The van der Waals surface area contributed by atoms with E-state index in [4.69, 9.17) is 10.4 Å². The minimum absolute atomic E-state index is 0.0314. The predicted molar refractivity (Wildman–Crippen MR) is 64.2 cm³/mol. The molecule has 18 heavy (non-hydrogen) atoms. The van der Waals surface area contributed by atoms with E-state index in [1.165, 1.54) is 6.07 Å². The quantitative estimate of drug-likeness (QED) is 0.888. The van der Waals surface area contributed by atoms with E-state index in [-0.39, 0.29) is 5.69 Å². The van der Waals surface area contributed by atoms with Crippen molar-refractivity contribution in [3.05, 3.63) is 52.8 Å². The number of carboxylic acid groups (broad SMARTS) is 1. The number of hydrogen-bond donors (Lipinski definition) is 1. The first-order valence-electron chi connectivity index (χ1n) is 5.37. The highest BCUT2D eigenvalue weighted by molar-refractivity contribution is 5.85. The summed E-state index contributed by atoms with van der Waals surface area (Å²) in [4.78, 5) is 10.8. The lowest BCUT2D eigenvalue weighted by atomic mass is 10.1. The molecule has 2 aromatic rings. The minimum atomic E-state index is -1.04. The van der Waals surface area contributed by atoms with Gasteiger partial charge in [0.05, 0.1) is 18.2 Å². The van der Waals surface area contributed by atoms with Gasteiger partial charge in [0.2, 0.25) is 0 Å². The lowest BCUT2D eigenvalue weighted by Crippen LogP contribution is -2.06. The molecule has 0 saturated carbocycles. The summed E-state index contributed by atoms with van der Waals surface area (Å²) < 4.78 is 1.61. The first-order chi connectivity index (χ1) is 8.60. The van der Waals surface area contributed by atoms with Gasteiger partial charge in [0.15, 0.2) is 5.69 Å². The van der Waals surface area contributed by atoms with Crippen LogP contribution < -0.4 is 0 Å². The van der Waals surface area contributed by atoms with Crippen molar-refractivity contribution < 1.29 is 9.90 Å². The molecule has 2 rings (SSSR count). The molecule has 0 saturated heterocycles. The monoisotopic (exact) mass is 241 g/mol. The predicted octanol–water partition coefficient (Wildman–Crippen LogP) is 1.81. The molecular weight excluding hydrogens is 230 g/mol. The zero-order valence-corrected chi connectivity index (χ0v) is 9.79. The van der Waals surface area contributed by atoms with Crippen molar-refractivity contribution in [1.29, 1.82) is 5.26 Å². The highest BCUT2D eigenvalue weighted by Crippen LogP contribution is 2.09. The number of aromatic carboxylic acids is 1. The second-order valence-electron chi connectivity index (χ2n) is 3.95. The van der Waals surface area contributed by atoms with Crippen molar-refractivity contribution in [1.82, 2.24) is 9.78 Å². The van der Waals surface area contributed by atoms with Crippen molar-refractivity contribution in [2.24, 2.45) is 0 Å². The molecule has 0 aliphatic rings. The van der Waals surface area contributed by atoms with Crippen LogP contribution in [0.5, 0.6) is 0 Å². The molecule has 0 atom stereocenters. The van der Waals surface area contributed by atoms with Crippen LogP contribution in [-0.4, -0.2) is 20.9 Å². The molecule has 5 nitrogen and oxygen atoms in total. The average molecular weight is 241 g/mol. The van der Waals surface area contributed by atoms with E-state index in [1.54, 1.807) is 29.8 Å². The maximum Gasteiger partial charge on any atom is 0.356 e. The first-order valence-corrected chi connectivity index (χ1v) is 5.37. The van der Waals surface area contributed by atoms with Crippen LogP contribution in [0.15, 0.2) is 30.3 Å². The summed E-state index contributed by atoms with van der Waals surface area (Å²) in [5.74, 6) is -1.04. The molecule has 0 unspecified atom stereocenters. The fourth-order valence-corrected chi connectivity index (χ4v) is 1.69. The topological polar surface area (TPSA) is 78.9 Å². The average Bonchev–Trinajstić information content (AvgIpc) is 2.71. The van der Waals surface area contributed by atoms with E-state index >= 15 is 0 Å². The number of aryl methyl sites for hydroxylation is 1. The Hall–Kier alpha value is -2.61. The third-order valence-electron chi connectivity index (χ3n) is 2.59. The Labute approximate surface area is 104 Å². The SMILES string of the molecule is Cc1cc(C(=O)O)nn1Cc1cccc(C#N)c1. The molecule has 90 valence electrons. The summed E-state index contributed by atoms with van der Waals surface area (Å²) in [6, 6.07) is 10.8. The van der Waals surface area contributed by atoms with E-state index < -0.39 is 5.97 Å². The summed E-state index contributed by atoms with van der Waals surface area (Å²) >= 11 is 0. The molecule has 1 heterocycles. The van der Waals surface area contributed by atoms with Crippen LogP contribution in [0.25, 0.3) is 0 Å². The number of rotatable bonds is 3. The lowest BCUT2D eigenvalue weighted by molar-refractivity contribution is 0.0689. The van der Waals surface area contributed by atoms with Gasteiger partial charge < -0.3 is 5.11 Å². The maximum atomic E-state index is 10.8. The summed E-state index contributed by atoms with van der Waals surface area (Å²) in [5, 5.41) is 21.7. The van der Waals surface area contributed by atoms with Crippen LogP contribution in [-0.2, 0) is 6.54 Å². The van der Waals surface area contributed by atoms with E-state index in [0.717, 1.165) is 11.3 Å². The molecule has 0 radical (unpaired) electrons. The Morgan fingerprint density at radius 3 is 2.89 bits per heavy atom. The summed E-state index contributed by atoms with van der Waals surface area (Å²) in [6.07, 6.45) is 0. The molecule has 0 fully saturated rings. The van der Waals surface area contributed by atoms with Gasteiger partial charge in [0.25, 0.3) is 0 Å². The van der Waals surface area contributed by atoms with E-state index in [2.05, 4.69) is 11.2 Å². The molecule has 0 spiro atoms. The molecule has 1 aromatic heterocycles. The number of aromatic nitrogens is 2. The summed E-state index contributed by atoms with van der Waals surface area (Å²) in [6.45, 7) is 2.25. The second-order valence-corrected chi connectivity index (χ2v) is 3.95. The van der Waals surface area contributed by atoms with Crippen LogP contribution >= 0.6 is 0 Å². The molecule has 0 aliphatic heterocycles. The Morgan fingerprint density at radius 2 is 2.28 bits per heavy atom. The van der Waals surface area contributed by atoms with Crippen molar-refractivity contribution in [2.75, 3.05) is 0 Å². The van der Waals surface area contributed by atoms with Crippen LogP contribution in [0.4, 0.5) is 0 Å². The van der Waals surface area contributed by atoms with E-state index in [1.807, 2.05) is 6.07 Å². The Kier molecular flexibility index (Phi) is 3.11. The molecule has 0 aliphatic carbocycles. The largest absolute Gasteiger partial charge is 0.476 e. The zero-order chi connectivity index (χ0) is 13.1. The second kappa shape index (κ2) is 4.72. The first kappa shape index (κ1) is 11.9. The van der Waals surface area contributed by atoms with Crippen LogP contribution in [0.3, 0.4) is 0 Å². The normalized spacial score (nSPS) is 10.0. The van der Waals surface area contributed by atoms with E-state index in [9.17, 15) is 4.79 Å². The summed E-state index contributed by atoms with van der Waals surface area (Å²) in [5.41, 5.74) is 2.30. The number of hydrogen-bond acceptors (Lipinski definition) is 3. The third kappa shape index (κ3) is 2.38.